The van der Waals surface area contributed by atoms with Gasteiger partial charge in [0.1, 0.15) is 17.5 Å². The summed E-state index contributed by atoms with van der Waals surface area (Å²) in [4.78, 5) is 26.6. The van der Waals surface area contributed by atoms with E-state index in [2.05, 4.69) is 15.0 Å². The Morgan fingerprint density at radius 1 is 1.42 bits per heavy atom. The molecule has 0 aromatic carbocycles. The highest BCUT2D eigenvalue weighted by molar-refractivity contribution is 8.13. The lowest BCUT2D eigenvalue weighted by atomic mass is 9.95. The zero-order valence-corrected chi connectivity index (χ0v) is 15.2. The Kier molecular flexibility index (Phi) is 5.73. The maximum absolute atomic E-state index is 11.3. The molecule has 0 radical (unpaired) electrons. The van der Waals surface area contributed by atoms with Crippen LogP contribution in [-0.2, 0) is 10.2 Å². The van der Waals surface area contributed by atoms with Crippen LogP contribution in [0.15, 0.2) is 23.0 Å². The van der Waals surface area contributed by atoms with E-state index in [-0.39, 0.29) is 11.0 Å². The summed E-state index contributed by atoms with van der Waals surface area (Å²) in [6, 6.07) is 1.92. The van der Waals surface area contributed by atoms with E-state index >= 15 is 0 Å². The van der Waals surface area contributed by atoms with Gasteiger partial charge in [-0.2, -0.15) is 5.26 Å². The molecule has 0 atom stereocenters. The minimum atomic E-state index is -0.170. The molecule has 7 heteroatoms. The number of aldehydes is 1. The fourth-order valence-electron chi connectivity index (χ4n) is 2.14. The first-order chi connectivity index (χ1) is 11.4. The van der Waals surface area contributed by atoms with Crippen LogP contribution in [0.3, 0.4) is 0 Å². The van der Waals surface area contributed by atoms with E-state index in [1.165, 1.54) is 0 Å². The molecule has 1 fully saturated rings. The Hall–Kier alpha value is -2.20. The van der Waals surface area contributed by atoms with Crippen molar-refractivity contribution in [2.24, 2.45) is 4.99 Å². The summed E-state index contributed by atoms with van der Waals surface area (Å²) >= 11 is 1.62. The lowest BCUT2D eigenvalue weighted by molar-refractivity contribution is -0.104. The molecule has 0 saturated carbocycles. The number of carbonyl (C=O) groups excluding carboxylic acids is 1. The number of aromatic nitrogens is 2. The van der Waals surface area contributed by atoms with Gasteiger partial charge in [-0.05, 0) is 6.42 Å². The van der Waals surface area contributed by atoms with E-state index in [0.717, 1.165) is 23.9 Å². The fraction of sp³-hybridized carbons (Fsp3) is 0.471. The lowest BCUT2D eigenvalue weighted by Crippen LogP contribution is -2.30. The minimum Gasteiger partial charge on any atom is -0.354 e. The van der Waals surface area contributed by atoms with E-state index in [1.807, 2.05) is 38.8 Å². The number of hydrogen-bond donors (Lipinski definition) is 0. The summed E-state index contributed by atoms with van der Waals surface area (Å²) in [6.45, 7) is 6.98. The van der Waals surface area contributed by atoms with Gasteiger partial charge in [0.05, 0.1) is 5.70 Å². The Morgan fingerprint density at radius 3 is 2.58 bits per heavy atom. The highest BCUT2D eigenvalue weighted by Crippen LogP contribution is 2.25. The summed E-state index contributed by atoms with van der Waals surface area (Å²) < 4.78 is 0. The SMILES string of the molecule is CN1CCCSC1=N/C(=C(/C#N)C=O)c1cnc(C(C)(C)C)nc1. The second-order valence-corrected chi connectivity index (χ2v) is 7.62. The Balaban J connectivity index is 2.49. The third-order valence-electron chi connectivity index (χ3n) is 3.49. The highest BCUT2D eigenvalue weighted by Gasteiger charge is 2.19. The zero-order chi connectivity index (χ0) is 17.7. The van der Waals surface area contributed by atoms with E-state index in [4.69, 9.17) is 0 Å². The van der Waals surface area contributed by atoms with Crippen LogP contribution >= 0.6 is 11.8 Å². The molecule has 1 saturated heterocycles. The van der Waals surface area contributed by atoms with E-state index in [9.17, 15) is 10.1 Å². The van der Waals surface area contributed by atoms with Crippen molar-refractivity contribution in [3.8, 4) is 6.07 Å². The topological polar surface area (TPSA) is 82.2 Å². The van der Waals surface area contributed by atoms with Crippen molar-refractivity contribution in [2.45, 2.75) is 32.6 Å². The summed E-state index contributed by atoms with van der Waals surface area (Å²) in [5, 5.41) is 10.1. The summed E-state index contributed by atoms with van der Waals surface area (Å²) in [5.74, 6) is 1.67. The van der Waals surface area contributed by atoms with Crippen LogP contribution in [0.25, 0.3) is 5.70 Å². The number of aliphatic imine (C=N–C) groups is 1. The van der Waals surface area contributed by atoms with Crippen LogP contribution in [0, 0.1) is 11.3 Å². The molecule has 0 N–H and O–H groups in total. The van der Waals surface area contributed by atoms with E-state index < -0.39 is 0 Å². The van der Waals surface area contributed by atoms with Gasteiger partial charge in [0.15, 0.2) is 11.5 Å². The van der Waals surface area contributed by atoms with Crippen molar-refractivity contribution in [1.82, 2.24) is 14.9 Å². The van der Waals surface area contributed by atoms with Crippen molar-refractivity contribution in [2.75, 3.05) is 19.3 Å². The lowest BCUT2D eigenvalue weighted by Gasteiger charge is -2.25. The molecule has 0 spiro atoms. The highest BCUT2D eigenvalue weighted by atomic mass is 32.2. The predicted molar refractivity (Wildman–Crippen MR) is 96.5 cm³/mol. The Morgan fingerprint density at radius 2 is 2.08 bits per heavy atom. The minimum absolute atomic E-state index is 0.0193. The van der Waals surface area contributed by atoms with Crippen LogP contribution < -0.4 is 0 Å². The van der Waals surface area contributed by atoms with Crippen molar-refractivity contribution < 1.29 is 4.79 Å². The number of nitrogens with zero attached hydrogens (tertiary/aromatic N) is 5. The maximum Gasteiger partial charge on any atom is 0.164 e. The van der Waals surface area contributed by atoms with Gasteiger partial charge in [0, 0.05) is 42.7 Å². The number of amidine groups is 1. The summed E-state index contributed by atoms with van der Waals surface area (Å²) in [6.07, 6.45) is 4.87. The molecule has 24 heavy (non-hydrogen) atoms. The maximum atomic E-state index is 11.3. The third-order valence-corrected chi connectivity index (χ3v) is 4.65. The first-order valence-electron chi connectivity index (χ1n) is 7.72. The Labute approximate surface area is 146 Å². The normalized spacial score (nSPS) is 18.1. The standard InChI is InChI=1S/C17H21N5OS/c1-17(2,3)15-19-9-13(10-20-15)14(12(8-18)11-23)21-16-22(4)6-5-7-24-16/h9-11H,5-7H2,1-4H3/b14-12-,21-16?. The van der Waals surface area contributed by atoms with Gasteiger partial charge >= 0.3 is 0 Å². The Bertz CT molecular complexity index is 710. The molecule has 126 valence electrons. The van der Waals surface area contributed by atoms with Gasteiger partial charge in [-0.1, -0.05) is 32.5 Å². The van der Waals surface area contributed by atoms with Crippen LogP contribution in [0.2, 0.25) is 0 Å². The molecule has 2 heterocycles. The van der Waals surface area contributed by atoms with Crippen LogP contribution in [0.1, 0.15) is 38.6 Å². The van der Waals surface area contributed by atoms with Crippen LogP contribution in [-0.4, -0.2) is 45.7 Å². The molecular weight excluding hydrogens is 322 g/mol. The first kappa shape index (κ1) is 18.1. The first-order valence-corrected chi connectivity index (χ1v) is 8.70. The number of carbonyl (C=O) groups is 1. The summed E-state index contributed by atoms with van der Waals surface area (Å²) in [7, 11) is 1.95. The monoisotopic (exact) mass is 343 g/mol. The van der Waals surface area contributed by atoms with Gasteiger partial charge in [0.2, 0.25) is 0 Å². The molecule has 1 aromatic rings. The number of hydrogen-bond acceptors (Lipinski definition) is 6. The average Bonchev–Trinajstić information content (AvgIpc) is 2.56. The number of thioether (sulfide) groups is 1. The van der Waals surface area contributed by atoms with Crippen molar-refractivity contribution in [3.05, 3.63) is 29.4 Å². The predicted octanol–water partition coefficient (Wildman–Crippen LogP) is 2.63. The molecule has 1 aliphatic heterocycles. The molecule has 0 aliphatic carbocycles. The van der Waals surface area contributed by atoms with E-state index in [0.29, 0.717) is 23.4 Å². The number of rotatable bonds is 3. The molecule has 2 rings (SSSR count). The smallest absolute Gasteiger partial charge is 0.164 e. The molecule has 1 aliphatic rings. The van der Waals surface area contributed by atoms with Gasteiger partial charge < -0.3 is 4.90 Å². The van der Waals surface area contributed by atoms with E-state index in [1.54, 1.807) is 24.2 Å². The summed E-state index contributed by atoms with van der Waals surface area (Å²) in [5.41, 5.74) is 0.702. The van der Waals surface area contributed by atoms with Crippen molar-refractivity contribution in [3.63, 3.8) is 0 Å². The van der Waals surface area contributed by atoms with Crippen LogP contribution in [0.4, 0.5) is 0 Å². The molecule has 6 nitrogen and oxygen atoms in total. The third kappa shape index (κ3) is 4.20. The average molecular weight is 343 g/mol. The second-order valence-electron chi connectivity index (χ2n) is 6.56. The molecular formula is C17H21N5OS. The molecule has 1 aromatic heterocycles. The van der Waals surface area contributed by atoms with Gasteiger partial charge in [-0.25, -0.2) is 15.0 Å². The number of nitriles is 1. The quantitative estimate of drug-likeness (QED) is 0.477. The number of allylic oxidation sites excluding steroid dienone is 1. The molecule has 0 unspecified atom stereocenters. The largest absolute Gasteiger partial charge is 0.354 e. The van der Waals surface area contributed by atoms with Gasteiger partial charge in [-0.15, -0.1) is 0 Å². The second kappa shape index (κ2) is 7.58. The fourth-order valence-corrected chi connectivity index (χ4v) is 3.06. The van der Waals surface area contributed by atoms with Gasteiger partial charge in [0.25, 0.3) is 0 Å². The zero-order valence-electron chi connectivity index (χ0n) is 14.4. The van der Waals surface area contributed by atoms with Crippen molar-refractivity contribution in [1.29, 1.82) is 5.26 Å². The molecule has 0 amide bonds. The van der Waals surface area contributed by atoms with Gasteiger partial charge in [-0.3, -0.25) is 4.79 Å². The van der Waals surface area contributed by atoms with Crippen LogP contribution in [0.5, 0.6) is 0 Å². The van der Waals surface area contributed by atoms with Crippen molar-refractivity contribution >= 4 is 28.9 Å². The molecule has 0 bridgehead atoms.